The number of hydrogen-bond acceptors (Lipinski definition) is 6. The fourth-order valence-corrected chi connectivity index (χ4v) is 3.77. The highest BCUT2D eigenvalue weighted by molar-refractivity contribution is 7.20. The van der Waals surface area contributed by atoms with Crippen molar-refractivity contribution in [2.75, 3.05) is 0 Å². The molecule has 0 saturated carbocycles. The van der Waals surface area contributed by atoms with E-state index in [2.05, 4.69) is 10.3 Å². The number of esters is 1. The summed E-state index contributed by atoms with van der Waals surface area (Å²) in [6.45, 7) is 1.40. The van der Waals surface area contributed by atoms with Crippen molar-refractivity contribution in [2.24, 2.45) is 0 Å². The maximum atomic E-state index is 12.4. The number of amides is 1. The van der Waals surface area contributed by atoms with Crippen LogP contribution in [0.15, 0.2) is 58.9 Å². The minimum Gasteiger partial charge on any atom is -0.454 e. The quantitative estimate of drug-likeness (QED) is 0.513. The van der Waals surface area contributed by atoms with Gasteiger partial charge in [-0.05, 0) is 23.1 Å². The second kappa shape index (κ2) is 8.55. The molecule has 5 nitrogen and oxygen atoms in total. The Bertz CT molecular complexity index is 915. The zero-order valence-corrected chi connectivity index (χ0v) is 15.6. The Morgan fingerprint density at radius 1 is 1.15 bits per heavy atom. The van der Waals surface area contributed by atoms with Gasteiger partial charge in [-0.15, -0.1) is 22.7 Å². The molecule has 2 heterocycles. The van der Waals surface area contributed by atoms with Crippen LogP contribution in [0, 0.1) is 0 Å². The van der Waals surface area contributed by atoms with Crippen molar-refractivity contribution in [1.29, 1.82) is 0 Å². The van der Waals surface area contributed by atoms with E-state index >= 15 is 0 Å². The summed E-state index contributed by atoms with van der Waals surface area (Å²) in [4.78, 5) is 29.3. The SMILES string of the molecule is CC(=O)N/C(=C\c1ccccc1)C(=O)OCc1csc(-c2cccs2)n1. The molecule has 0 aliphatic rings. The third kappa shape index (κ3) is 4.87. The Morgan fingerprint density at radius 2 is 1.96 bits per heavy atom. The van der Waals surface area contributed by atoms with Gasteiger partial charge in [0.2, 0.25) is 5.91 Å². The lowest BCUT2D eigenvalue weighted by molar-refractivity contribution is -0.141. The van der Waals surface area contributed by atoms with Gasteiger partial charge in [0.25, 0.3) is 0 Å². The first-order valence-electron chi connectivity index (χ1n) is 7.81. The molecule has 0 fully saturated rings. The molecule has 0 bridgehead atoms. The molecule has 3 rings (SSSR count). The van der Waals surface area contributed by atoms with Crippen LogP contribution in [0.4, 0.5) is 0 Å². The number of nitrogens with zero attached hydrogens (tertiary/aromatic N) is 1. The van der Waals surface area contributed by atoms with Crippen molar-refractivity contribution >= 4 is 40.6 Å². The number of thiazole rings is 1. The molecule has 0 radical (unpaired) electrons. The second-order valence-corrected chi connectivity index (χ2v) is 7.15. The van der Waals surface area contributed by atoms with Crippen LogP contribution in [0.1, 0.15) is 18.2 Å². The average Bonchev–Trinajstić information content (AvgIpc) is 3.31. The molecule has 0 aliphatic carbocycles. The van der Waals surface area contributed by atoms with Crippen molar-refractivity contribution in [2.45, 2.75) is 13.5 Å². The number of aromatic nitrogens is 1. The van der Waals surface area contributed by atoms with Crippen LogP contribution >= 0.6 is 22.7 Å². The topological polar surface area (TPSA) is 68.3 Å². The van der Waals surface area contributed by atoms with E-state index in [1.54, 1.807) is 17.4 Å². The van der Waals surface area contributed by atoms with E-state index in [1.165, 1.54) is 18.3 Å². The fourth-order valence-electron chi connectivity index (χ4n) is 2.16. The molecule has 1 aromatic carbocycles. The monoisotopic (exact) mass is 384 g/mol. The third-order valence-electron chi connectivity index (χ3n) is 3.28. The van der Waals surface area contributed by atoms with E-state index in [-0.39, 0.29) is 18.2 Å². The first-order valence-corrected chi connectivity index (χ1v) is 9.57. The van der Waals surface area contributed by atoms with Gasteiger partial charge < -0.3 is 10.1 Å². The van der Waals surface area contributed by atoms with Crippen LogP contribution in [0.25, 0.3) is 16.0 Å². The lowest BCUT2D eigenvalue weighted by Gasteiger charge is -2.08. The fraction of sp³-hybridized carbons (Fsp3) is 0.105. The number of benzene rings is 1. The number of thiophene rings is 1. The Kier molecular flexibility index (Phi) is 5.93. The third-order valence-corrected chi connectivity index (χ3v) is 5.21. The zero-order chi connectivity index (χ0) is 18.4. The Balaban J connectivity index is 1.68. The van der Waals surface area contributed by atoms with Crippen LogP contribution in [0.2, 0.25) is 0 Å². The molecule has 0 spiro atoms. The zero-order valence-electron chi connectivity index (χ0n) is 14.0. The van der Waals surface area contributed by atoms with Gasteiger partial charge in [0, 0.05) is 12.3 Å². The van der Waals surface area contributed by atoms with Crippen molar-refractivity contribution in [3.63, 3.8) is 0 Å². The van der Waals surface area contributed by atoms with E-state index in [4.69, 9.17) is 4.74 Å². The minimum atomic E-state index is -0.602. The maximum Gasteiger partial charge on any atom is 0.355 e. The van der Waals surface area contributed by atoms with E-state index in [9.17, 15) is 9.59 Å². The lowest BCUT2D eigenvalue weighted by Crippen LogP contribution is -2.26. The summed E-state index contributed by atoms with van der Waals surface area (Å²) in [6, 6.07) is 13.2. The van der Waals surface area contributed by atoms with Crippen LogP contribution in [-0.2, 0) is 20.9 Å². The van der Waals surface area contributed by atoms with Gasteiger partial charge in [0.1, 0.15) is 17.3 Å². The van der Waals surface area contributed by atoms with Crippen LogP contribution in [0.3, 0.4) is 0 Å². The standard InChI is InChI=1S/C19H16N2O3S2/c1-13(22)20-16(10-14-6-3-2-4-7-14)19(23)24-11-15-12-26-18(21-15)17-8-5-9-25-17/h2-10,12H,11H2,1H3,(H,20,22)/b16-10-. The molecule has 7 heteroatoms. The molecule has 0 unspecified atom stereocenters. The van der Waals surface area contributed by atoms with E-state index in [1.807, 2.05) is 53.2 Å². The van der Waals surface area contributed by atoms with Crippen molar-refractivity contribution in [3.05, 3.63) is 70.2 Å². The smallest absolute Gasteiger partial charge is 0.355 e. The Morgan fingerprint density at radius 3 is 2.65 bits per heavy atom. The molecule has 3 aromatic rings. The van der Waals surface area contributed by atoms with Crippen molar-refractivity contribution in [3.8, 4) is 9.88 Å². The van der Waals surface area contributed by atoms with Gasteiger partial charge in [0.15, 0.2) is 0 Å². The first-order chi connectivity index (χ1) is 12.6. The summed E-state index contributed by atoms with van der Waals surface area (Å²) in [7, 11) is 0. The summed E-state index contributed by atoms with van der Waals surface area (Å²) >= 11 is 3.11. The molecule has 0 aliphatic heterocycles. The summed E-state index contributed by atoms with van der Waals surface area (Å²) < 4.78 is 5.32. The molecular formula is C19H16N2O3S2. The van der Waals surface area contributed by atoms with E-state index in [0.717, 1.165) is 15.4 Å². The number of nitrogens with one attached hydrogen (secondary N) is 1. The number of carbonyl (C=O) groups excluding carboxylic acids is 2. The van der Waals surface area contributed by atoms with Gasteiger partial charge in [0.05, 0.1) is 10.6 Å². The second-order valence-electron chi connectivity index (χ2n) is 5.35. The van der Waals surface area contributed by atoms with E-state index in [0.29, 0.717) is 5.69 Å². The van der Waals surface area contributed by atoms with Crippen molar-refractivity contribution < 1.29 is 14.3 Å². The minimum absolute atomic E-state index is 0.0480. The van der Waals surface area contributed by atoms with Gasteiger partial charge in [-0.25, -0.2) is 9.78 Å². The number of rotatable bonds is 6. The summed E-state index contributed by atoms with van der Waals surface area (Å²) in [5.74, 6) is -0.938. The highest BCUT2D eigenvalue weighted by Gasteiger charge is 2.14. The van der Waals surface area contributed by atoms with Gasteiger partial charge in [-0.2, -0.15) is 0 Å². The molecule has 0 atom stereocenters. The highest BCUT2D eigenvalue weighted by Crippen LogP contribution is 2.28. The van der Waals surface area contributed by atoms with Crippen molar-refractivity contribution in [1.82, 2.24) is 10.3 Å². The summed E-state index contributed by atoms with van der Waals surface area (Å²) in [5, 5.41) is 7.27. The highest BCUT2D eigenvalue weighted by atomic mass is 32.1. The lowest BCUT2D eigenvalue weighted by atomic mass is 10.2. The normalized spacial score (nSPS) is 11.2. The summed E-state index contributed by atoms with van der Waals surface area (Å²) in [5.41, 5.74) is 1.56. The van der Waals surface area contributed by atoms with E-state index < -0.39 is 5.97 Å². The molecular weight excluding hydrogens is 368 g/mol. The Hall–Kier alpha value is -2.77. The molecule has 2 aromatic heterocycles. The number of carbonyl (C=O) groups is 2. The molecule has 132 valence electrons. The van der Waals surface area contributed by atoms with Crippen LogP contribution in [-0.4, -0.2) is 16.9 Å². The predicted molar refractivity (Wildman–Crippen MR) is 103 cm³/mol. The summed E-state index contributed by atoms with van der Waals surface area (Å²) in [6.07, 6.45) is 1.59. The molecule has 26 heavy (non-hydrogen) atoms. The first kappa shape index (κ1) is 18.0. The van der Waals surface area contributed by atoms with Crippen LogP contribution < -0.4 is 5.32 Å². The molecule has 1 amide bonds. The maximum absolute atomic E-state index is 12.4. The number of ether oxygens (including phenoxy) is 1. The number of hydrogen-bond donors (Lipinski definition) is 1. The van der Waals surface area contributed by atoms with Gasteiger partial charge in [-0.1, -0.05) is 36.4 Å². The van der Waals surface area contributed by atoms with Crippen LogP contribution in [0.5, 0.6) is 0 Å². The molecule has 0 saturated heterocycles. The van der Waals surface area contributed by atoms with Gasteiger partial charge in [-0.3, -0.25) is 4.79 Å². The molecule has 1 N–H and O–H groups in total. The predicted octanol–water partition coefficient (Wildman–Crippen LogP) is 4.09. The average molecular weight is 384 g/mol. The largest absolute Gasteiger partial charge is 0.454 e. The Labute approximate surface area is 159 Å². The van der Waals surface area contributed by atoms with Gasteiger partial charge >= 0.3 is 5.97 Å².